The molecule has 0 aliphatic carbocycles. The molecule has 0 fully saturated rings. The molecule has 0 N–H and O–H groups in total. The van der Waals surface area contributed by atoms with Gasteiger partial charge in [0, 0.05) is 16.6 Å². The third kappa shape index (κ3) is 4.04. The third-order valence-electron chi connectivity index (χ3n) is 2.92. The Morgan fingerprint density at radius 2 is 2.00 bits per heavy atom. The quantitative estimate of drug-likeness (QED) is 0.761. The van der Waals surface area contributed by atoms with Crippen molar-refractivity contribution in [3.63, 3.8) is 0 Å². The van der Waals surface area contributed by atoms with Gasteiger partial charge in [-0.05, 0) is 44.5 Å². The fourth-order valence-electron chi connectivity index (χ4n) is 1.86. The van der Waals surface area contributed by atoms with Crippen LogP contribution in [0.25, 0.3) is 10.6 Å². The molecule has 1 atom stereocenters. The predicted octanol–water partition coefficient (Wildman–Crippen LogP) is 3.84. The van der Waals surface area contributed by atoms with Gasteiger partial charge in [0.1, 0.15) is 10.8 Å². The highest BCUT2D eigenvalue weighted by molar-refractivity contribution is 7.13. The van der Waals surface area contributed by atoms with Crippen LogP contribution in [0.3, 0.4) is 0 Å². The second kappa shape index (κ2) is 7.22. The molecule has 0 saturated heterocycles. The van der Waals surface area contributed by atoms with Gasteiger partial charge in [0.25, 0.3) is 0 Å². The highest BCUT2D eigenvalue weighted by atomic mass is 32.1. The fourth-order valence-corrected chi connectivity index (χ4v) is 2.66. The Morgan fingerprint density at radius 1 is 1.29 bits per heavy atom. The van der Waals surface area contributed by atoms with Gasteiger partial charge >= 0.3 is 5.97 Å². The summed E-state index contributed by atoms with van der Waals surface area (Å²) < 4.78 is 10.7. The summed E-state index contributed by atoms with van der Waals surface area (Å²) >= 11 is 1.61. The lowest BCUT2D eigenvalue weighted by atomic mass is 10.2. The van der Waals surface area contributed by atoms with Gasteiger partial charge in [0.05, 0.1) is 6.61 Å². The monoisotopic (exact) mass is 305 g/mol. The van der Waals surface area contributed by atoms with Crippen molar-refractivity contribution in [2.75, 3.05) is 6.61 Å². The summed E-state index contributed by atoms with van der Waals surface area (Å²) in [6.07, 6.45) is 0.0182. The number of carbonyl (C=O) groups is 1. The van der Waals surface area contributed by atoms with Crippen molar-refractivity contribution in [3.8, 4) is 16.3 Å². The van der Waals surface area contributed by atoms with Gasteiger partial charge < -0.3 is 9.47 Å². The molecule has 0 aliphatic heterocycles. The molecule has 21 heavy (non-hydrogen) atoms. The number of thiazole rings is 1. The molecule has 2 rings (SSSR count). The smallest absolute Gasteiger partial charge is 0.347 e. The van der Waals surface area contributed by atoms with Crippen molar-refractivity contribution in [1.82, 2.24) is 4.98 Å². The van der Waals surface area contributed by atoms with E-state index >= 15 is 0 Å². The zero-order valence-corrected chi connectivity index (χ0v) is 13.3. The number of benzene rings is 1. The third-order valence-corrected chi connectivity index (χ3v) is 3.93. The van der Waals surface area contributed by atoms with Gasteiger partial charge in [-0.3, -0.25) is 0 Å². The number of ether oxygens (including phenoxy) is 2. The normalized spacial score (nSPS) is 12.0. The minimum absolute atomic E-state index is 0.320. The highest BCUT2D eigenvalue weighted by Crippen LogP contribution is 2.26. The second-order valence-electron chi connectivity index (χ2n) is 4.59. The maximum absolute atomic E-state index is 11.7. The fraction of sp³-hybridized carbons (Fsp3) is 0.375. The number of aromatic nitrogens is 1. The standard InChI is InChI=1S/C16H19NO3S/c1-4-14(16(18)19-5-2)20-13-8-6-12(7-9-13)15-17-11(3)10-21-15/h6-10,14H,4-5H2,1-3H3. The highest BCUT2D eigenvalue weighted by Gasteiger charge is 2.19. The van der Waals surface area contributed by atoms with Gasteiger partial charge in [0.15, 0.2) is 6.10 Å². The van der Waals surface area contributed by atoms with Crippen LogP contribution in [-0.4, -0.2) is 23.7 Å². The van der Waals surface area contributed by atoms with E-state index in [0.717, 1.165) is 16.3 Å². The maximum atomic E-state index is 11.7. The molecule has 1 aromatic heterocycles. The first-order valence-corrected chi connectivity index (χ1v) is 7.87. The van der Waals surface area contributed by atoms with E-state index in [4.69, 9.17) is 9.47 Å². The Morgan fingerprint density at radius 3 is 2.52 bits per heavy atom. The number of esters is 1. The number of aryl methyl sites for hydroxylation is 1. The van der Waals surface area contributed by atoms with Crippen LogP contribution in [0.4, 0.5) is 0 Å². The molecule has 2 aromatic rings. The van der Waals surface area contributed by atoms with Gasteiger partial charge in [0.2, 0.25) is 0 Å². The zero-order valence-electron chi connectivity index (χ0n) is 12.5. The number of nitrogens with zero attached hydrogens (tertiary/aromatic N) is 1. The van der Waals surface area contributed by atoms with Crippen LogP contribution < -0.4 is 4.74 Å². The molecule has 0 bridgehead atoms. The van der Waals surface area contributed by atoms with Gasteiger partial charge in [-0.25, -0.2) is 9.78 Å². The first-order chi connectivity index (χ1) is 10.1. The summed E-state index contributed by atoms with van der Waals surface area (Å²) in [6, 6.07) is 7.61. The number of rotatable bonds is 6. The molecule has 1 heterocycles. The van der Waals surface area contributed by atoms with Crippen LogP contribution in [0.2, 0.25) is 0 Å². The van der Waals surface area contributed by atoms with Crippen LogP contribution in [0.15, 0.2) is 29.6 Å². The Bertz CT molecular complexity index is 592. The Hall–Kier alpha value is -1.88. The summed E-state index contributed by atoms with van der Waals surface area (Å²) in [4.78, 5) is 16.2. The first-order valence-electron chi connectivity index (χ1n) is 6.99. The molecule has 0 spiro atoms. The Kier molecular flexibility index (Phi) is 5.33. The molecule has 1 unspecified atom stereocenters. The van der Waals surface area contributed by atoms with Gasteiger partial charge in [-0.15, -0.1) is 11.3 Å². The molecule has 1 aromatic carbocycles. The van der Waals surface area contributed by atoms with Crippen molar-refractivity contribution in [3.05, 3.63) is 35.3 Å². The summed E-state index contributed by atoms with van der Waals surface area (Å²) in [6.45, 7) is 6.02. The van der Waals surface area contributed by atoms with E-state index in [0.29, 0.717) is 18.8 Å². The molecular formula is C16H19NO3S. The van der Waals surface area contributed by atoms with E-state index < -0.39 is 6.10 Å². The van der Waals surface area contributed by atoms with E-state index in [1.165, 1.54) is 0 Å². The van der Waals surface area contributed by atoms with Crippen molar-refractivity contribution >= 4 is 17.3 Å². The summed E-state index contributed by atoms with van der Waals surface area (Å²) in [7, 11) is 0. The SMILES string of the molecule is CCOC(=O)C(CC)Oc1ccc(-c2nc(C)cs2)cc1. The van der Waals surface area contributed by atoms with Crippen molar-refractivity contribution in [2.45, 2.75) is 33.3 Å². The molecular weight excluding hydrogens is 286 g/mol. The van der Waals surface area contributed by atoms with E-state index in [1.54, 1.807) is 18.3 Å². The average Bonchev–Trinajstić information content (AvgIpc) is 2.92. The van der Waals surface area contributed by atoms with E-state index in [9.17, 15) is 4.79 Å². The van der Waals surface area contributed by atoms with Gasteiger partial charge in [-0.2, -0.15) is 0 Å². The summed E-state index contributed by atoms with van der Waals surface area (Å²) in [5.74, 6) is 0.339. The molecule has 112 valence electrons. The molecule has 4 nitrogen and oxygen atoms in total. The van der Waals surface area contributed by atoms with Crippen molar-refractivity contribution in [1.29, 1.82) is 0 Å². The minimum atomic E-state index is -0.557. The maximum Gasteiger partial charge on any atom is 0.347 e. The number of hydrogen-bond donors (Lipinski definition) is 0. The van der Waals surface area contributed by atoms with E-state index in [1.807, 2.05) is 43.5 Å². The second-order valence-corrected chi connectivity index (χ2v) is 5.44. The summed E-state index contributed by atoms with van der Waals surface area (Å²) in [5, 5.41) is 3.00. The van der Waals surface area contributed by atoms with Crippen molar-refractivity contribution in [2.24, 2.45) is 0 Å². The van der Waals surface area contributed by atoms with E-state index in [2.05, 4.69) is 4.98 Å². The minimum Gasteiger partial charge on any atom is -0.479 e. The summed E-state index contributed by atoms with van der Waals surface area (Å²) in [5.41, 5.74) is 2.06. The molecule has 0 saturated carbocycles. The largest absolute Gasteiger partial charge is 0.479 e. The molecule has 0 radical (unpaired) electrons. The lowest BCUT2D eigenvalue weighted by Crippen LogP contribution is -2.28. The Labute approximate surface area is 128 Å². The first kappa shape index (κ1) is 15.5. The number of hydrogen-bond acceptors (Lipinski definition) is 5. The average molecular weight is 305 g/mol. The van der Waals surface area contributed by atoms with Crippen molar-refractivity contribution < 1.29 is 14.3 Å². The lowest BCUT2D eigenvalue weighted by molar-refractivity contribution is -0.151. The van der Waals surface area contributed by atoms with Gasteiger partial charge in [-0.1, -0.05) is 6.92 Å². The van der Waals surface area contributed by atoms with Crippen LogP contribution in [0, 0.1) is 6.92 Å². The number of carbonyl (C=O) groups excluding carboxylic acids is 1. The predicted molar refractivity (Wildman–Crippen MR) is 83.6 cm³/mol. The topological polar surface area (TPSA) is 48.4 Å². The lowest BCUT2D eigenvalue weighted by Gasteiger charge is -2.16. The molecule has 0 amide bonds. The van der Waals surface area contributed by atoms with Crippen LogP contribution in [-0.2, 0) is 9.53 Å². The zero-order chi connectivity index (χ0) is 15.2. The molecule has 5 heteroatoms. The molecule has 0 aliphatic rings. The Balaban J connectivity index is 2.06. The van der Waals surface area contributed by atoms with Crippen LogP contribution in [0.1, 0.15) is 26.0 Å². The van der Waals surface area contributed by atoms with Crippen LogP contribution in [0.5, 0.6) is 5.75 Å². The van der Waals surface area contributed by atoms with Crippen LogP contribution >= 0.6 is 11.3 Å². The van der Waals surface area contributed by atoms with E-state index in [-0.39, 0.29) is 5.97 Å².